The average molecular weight is 192 g/mol. The topological polar surface area (TPSA) is 18.5 Å². The van der Waals surface area contributed by atoms with E-state index in [9.17, 15) is 0 Å². The molecule has 0 fully saturated rings. The first kappa shape index (κ1) is 10.6. The normalized spacial score (nSPS) is 9.45. The molecule has 0 aliphatic heterocycles. The molecule has 0 atom stereocenters. The van der Waals surface area contributed by atoms with Gasteiger partial charge in [0, 0.05) is 0 Å². The van der Waals surface area contributed by atoms with Crippen molar-refractivity contribution in [3.8, 4) is 0 Å². The summed E-state index contributed by atoms with van der Waals surface area (Å²) in [6.45, 7) is 10.7. The van der Waals surface area contributed by atoms with E-state index in [4.69, 9.17) is 20.5 Å². The molecule has 63 valence electrons. The third kappa shape index (κ3) is 6.00. The van der Waals surface area contributed by atoms with Gasteiger partial charge in [0.2, 0.25) is 0 Å². The number of alkyl halides is 1. The minimum atomic E-state index is -1.42. The summed E-state index contributed by atoms with van der Waals surface area (Å²) in [5, 5.41) is 0. The predicted molar refractivity (Wildman–Crippen MR) is 48.3 cm³/mol. The molecule has 0 N–H and O–H groups in total. The highest BCUT2D eigenvalue weighted by molar-refractivity contribution is 6.56. The summed E-state index contributed by atoms with van der Waals surface area (Å²) >= 11 is 5.57. The molecule has 11 heavy (non-hydrogen) atoms. The van der Waals surface area contributed by atoms with E-state index in [-0.39, 0.29) is 0 Å². The van der Waals surface area contributed by atoms with Crippen LogP contribution in [-0.4, -0.2) is 14.8 Å². The molecule has 0 saturated carbocycles. The van der Waals surface area contributed by atoms with Crippen LogP contribution in [0.1, 0.15) is 13.8 Å². The maximum absolute atomic E-state index is 5.57. The maximum Gasteiger partial charge on any atom is 0.548 e. The van der Waals surface area contributed by atoms with Crippen LogP contribution in [0.3, 0.4) is 0 Å². The first-order valence-electron chi connectivity index (χ1n) is 3.14. The van der Waals surface area contributed by atoms with E-state index in [1.807, 2.05) is 0 Å². The van der Waals surface area contributed by atoms with Gasteiger partial charge in [-0.15, -0.1) is 11.6 Å². The number of halogens is 1. The van der Waals surface area contributed by atoms with Crippen LogP contribution in [0, 0.1) is 0 Å². The van der Waals surface area contributed by atoms with E-state index in [0.29, 0.717) is 17.0 Å². The van der Waals surface area contributed by atoms with Gasteiger partial charge in [-0.05, 0) is 13.8 Å². The molecule has 0 heterocycles. The first-order valence-corrected chi connectivity index (χ1v) is 5.20. The van der Waals surface area contributed by atoms with Gasteiger partial charge in [0.25, 0.3) is 0 Å². The second kappa shape index (κ2) is 5.27. The van der Waals surface area contributed by atoms with Crippen molar-refractivity contribution in [2.75, 3.05) is 5.50 Å². The van der Waals surface area contributed by atoms with Crippen LogP contribution in [0.5, 0.6) is 0 Å². The quantitative estimate of drug-likeness (QED) is 0.377. The van der Waals surface area contributed by atoms with E-state index in [0.717, 1.165) is 0 Å². The largest absolute Gasteiger partial charge is 0.548 e. The Hall–Kier alpha value is -0.413. The van der Waals surface area contributed by atoms with Crippen molar-refractivity contribution in [1.82, 2.24) is 0 Å². The molecule has 0 aromatic rings. The van der Waals surface area contributed by atoms with Crippen molar-refractivity contribution in [3.63, 3.8) is 0 Å². The SMILES string of the molecule is C=C(C)O[Si](CCl)OC(=C)C. The summed E-state index contributed by atoms with van der Waals surface area (Å²) in [6.07, 6.45) is 0. The minimum Gasteiger partial charge on any atom is -0.514 e. The van der Waals surface area contributed by atoms with Crippen LogP contribution in [0.15, 0.2) is 24.7 Å². The highest BCUT2D eigenvalue weighted by atomic mass is 35.5. The van der Waals surface area contributed by atoms with Crippen molar-refractivity contribution in [3.05, 3.63) is 24.7 Å². The van der Waals surface area contributed by atoms with Gasteiger partial charge in [0.15, 0.2) is 0 Å². The lowest BCUT2D eigenvalue weighted by Crippen LogP contribution is -2.23. The lowest BCUT2D eigenvalue weighted by atomic mass is 10.7. The Kier molecular flexibility index (Phi) is 5.07. The fourth-order valence-corrected chi connectivity index (χ4v) is 1.72. The van der Waals surface area contributed by atoms with Gasteiger partial charge in [-0.3, -0.25) is 0 Å². The minimum absolute atomic E-state index is 0.365. The zero-order valence-corrected chi connectivity index (χ0v) is 8.57. The van der Waals surface area contributed by atoms with Crippen LogP contribution >= 0.6 is 11.6 Å². The number of hydrogen-bond donors (Lipinski definition) is 0. The summed E-state index contributed by atoms with van der Waals surface area (Å²) in [4.78, 5) is 0. The van der Waals surface area contributed by atoms with Crippen molar-refractivity contribution in [1.29, 1.82) is 0 Å². The molecule has 0 spiro atoms. The van der Waals surface area contributed by atoms with Crippen molar-refractivity contribution in [2.24, 2.45) is 0 Å². The molecule has 0 aliphatic rings. The average Bonchev–Trinajstić information content (AvgIpc) is 1.84. The second-order valence-corrected chi connectivity index (χ2v) is 4.34. The number of rotatable bonds is 5. The van der Waals surface area contributed by atoms with Gasteiger partial charge in [-0.2, -0.15) is 0 Å². The lowest BCUT2D eigenvalue weighted by Gasteiger charge is -2.13. The molecule has 0 aliphatic carbocycles. The van der Waals surface area contributed by atoms with Crippen LogP contribution in [0.2, 0.25) is 0 Å². The third-order valence-electron chi connectivity index (χ3n) is 0.685. The Balaban J connectivity index is 3.76. The van der Waals surface area contributed by atoms with E-state index < -0.39 is 9.28 Å². The molecule has 0 rings (SSSR count). The Morgan fingerprint density at radius 1 is 1.27 bits per heavy atom. The zero-order chi connectivity index (χ0) is 8.85. The summed E-state index contributed by atoms with van der Waals surface area (Å²) in [6, 6.07) is 0. The molecule has 4 heteroatoms. The van der Waals surface area contributed by atoms with Gasteiger partial charge in [0.1, 0.15) is 0 Å². The van der Waals surface area contributed by atoms with Crippen LogP contribution in [-0.2, 0) is 8.85 Å². The highest BCUT2D eigenvalue weighted by Crippen LogP contribution is 2.03. The smallest absolute Gasteiger partial charge is 0.514 e. The fraction of sp³-hybridized carbons (Fsp3) is 0.429. The zero-order valence-electron chi connectivity index (χ0n) is 6.82. The van der Waals surface area contributed by atoms with E-state index >= 15 is 0 Å². The molecular weight excluding hydrogens is 180 g/mol. The maximum atomic E-state index is 5.57. The fourth-order valence-electron chi connectivity index (χ4n) is 0.464. The monoisotopic (exact) mass is 191 g/mol. The van der Waals surface area contributed by atoms with Gasteiger partial charge in [-0.1, -0.05) is 13.2 Å². The summed E-state index contributed by atoms with van der Waals surface area (Å²) in [5.74, 6) is 1.25. The molecule has 0 aromatic carbocycles. The summed E-state index contributed by atoms with van der Waals surface area (Å²) < 4.78 is 10.4. The van der Waals surface area contributed by atoms with E-state index in [1.54, 1.807) is 13.8 Å². The van der Waals surface area contributed by atoms with Gasteiger partial charge in [0.05, 0.1) is 17.0 Å². The first-order chi connectivity index (χ1) is 5.06. The standard InChI is InChI=1S/C7H12ClO2Si/c1-6(2)9-11(5-8)10-7(3)4/h1,3,5H2,2,4H3. The summed E-state index contributed by atoms with van der Waals surface area (Å²) in [5.41, 5.74) is 0.365. The van der Waals surface area contributed by atoms with Crippen molar-refractivity contribution in [2.45, 2.75) is 13.8 Å². The highest BCUT2D eigenvalue weighted by Gasteiger charge is 2.17. The Bertz CT molecular complexity index is 143. The van der Waals surface area contributed by atoms with Crippen molar-refractivity contribution < 1.29 is 8.85 Å². The Morgan fingerprint density at radius 3 is 1.82 bits per heavy atom. The molecule has 2 nitrogen and oxygen atoms in total. The van der Waals surface area contributed by atoms with Gasteiger partial charge >= 0.3 is 9.28 Å². The van der Waals surface area contributed by atoms with Crippen LogP contribution < -0.4 is 0 Å². The molecule has 0 aromatic heterocycles. The second-order valence-electron chi connectivity index (χ2n) is 2.11. The van der Waals surface area contributed by atoms with E-state index in [1.165, 1.54) is 0 Å². The van der Waals surface area contributed by atoms with Gasteiger partial charge < -0.3 is 8.85 Å². The Morgan fingerprint density at radius 2 is 1.64 bits per heavy atom. The van der Waals surface area contributed by atoms with Crippen molar-refractivity contribution >= 4 is 20.9 Å². The molecule has 1 radical (unpaired) electrons. The van der Waals surface area contributed by atoms with Crippen LogP contribution in [0.25, 0.3) is 0 Å². The Labute approximate surface area is 74.3 Å². The third-order valence-corrected chi connectivity index (χ3v) is 2.71. The molecule has 0 saturated heterocycles. The molecule has 0 amide bonds. The lowest BCUT2D eigenvalue weighted by molar-refractivity contribution is 0.303. The number of hydrogen-bond acceptors (Lipinski definition) is 2. The van der Waals surface area contributed by atoms with Gasteiger partial charge in [-0.25, -0.2) is 0 Å². The molecule has 0 unspecified atom stereocenters. The van der Waals surface area contributed by atoms with Crippen LogP contribution in [0.4, 0.5) is 0 Å². The summed E-state index contributed by atoms with van der Waals surface area (Å²) in [7, 11) is -1.42. The predicted octanol–water partition coefficient (Wildman–Crippen LogP) is 2.35. The number of allylic oxidation sites excluding steroid dienone is 2. The molecular formula is C7H12ClO2Si. The van der Waals surface area contributed by atoms with E-state index in [2.05, 4.69) is 13.2 Å². The molecule has 0 bridgehead atoms.